The second-order valence-electron chi connectivity index (χ2n) is 6.70. The zero-order chi connectivity index (χ0) is 18.5. The molecule has 1 fully saturated rings. The summed E-state index contributed by atoms with van der Waals surface area (Å²) in [5.74, 6) is -0.216. The van der Waals surface area contributed by atoms with Gasteiger partial charge in [0.2, 0.25) is 0 Å². The normalized spacial score (nSPS) is 17.0. The molecule has 2 heterocycles. The van der Waals surface area contributed by atoms with E-state index < -0.39 is 0 Å². The molecule has 7 heteroatoms. The van der Waals surface area contributed by atoms with Crippen molar-refractivity contribution in [2.24, 2.45) is 0 Å². The highest BCUT2D eigenvalue weighted by Crippen LogP contribution is 2.15. The van der Waals surface area contributed by atoms with Crippen LogP contribution in [0.3, 0.4) is 0 Å². The van der Waals surface area contributed by atoms with Gasteiger partial charge in [-0.05, 0) is 50.2 Å². The summed E-state index contributed by atoms with van der Waals surface area (Å²) < 4.78 is 13.1. The zero-order valence-corrected chi connectivity index (χ0v) is 16.9. The Morgan fingerprint density at radius 2 is 2.04 bits per heavy atom. The number of nitrogens with zero attached hydrogens (tertiary/aromatic N) is 3. The Balaban J connectivity index is 1.51. The number of benzene rings is 1. The Labute approximate surface area is 164 Å². The standard InChI is InChI=1S/C19H25FN4S2/c1-14(16-4-6-17(20)7-5-16)21-19(25)24-9-3-8-23(10-11-24)12-18-13-26-15(2)22-18/h4-7,13-14H,3,8-12H2,1-2H3,(H,21,25). The van der Waals surface area contributed by atoms with Gasteiger partial charge in [-0.15, -0.1) is 11.3 Å². The fraction of sp³-hybridized carbons (Fsp3) is 0.474. The summed E-state index contributed by atoms with van der Waals surface area (Å²) in [6.07, 6.45) is 1.08. The fourth-order valence-electron chi connectivity index (χ4n) is 3.15. The molecule has 0 bridgehead atoms. The number of thiazole rings is 1. The van der Waals surface area contributed by atoms with Crippen molar-refractivity contribution >= 4 is 28.7 Å². The topological polar surface area (TPSA) is 31.4 Å². The fourth-order valence-corrected chi connectivity index (χ4v) is 4.12. The molecule has 1 aliphatic rings. The van der Waals surface area contributed by atoms with E-state index >= 15 is 0 Å². The number of rotatable bonds is 4. The van der Waals surface area contributed by atoms with Crippen molar-refractivity contribution in [1.29, 1.82) is 0 Å². The molecule has 4 nitrogen and oxygen atoms in total. The summed E-state index contributed by atoms with van der Waals surface area (Å²) in [5.41, 5.74) is 2.19. The molecule has 0 spiro atoms. The molecule has 1 unspecified atom stereocenters. The van der Waals surface area contributed by atoms with E-state index in [1.807, 2.05) is 13.8 Å². The van der Waals surface area contributed by atoms with Crippen molar-refractivity contribution in [1.82, 2.24) is 20.1 Å². The summed E-state index contributed by atoms with van der Waals surface area (Å²) in [6, 6.07) is 6.63. The van der Waals surface area contributed by atoms with Crippen LogP contribution >= 0.6 is 23.6 Å². The number of halogens is 1. The lowest BCUT2D eigenvalue weighted by Crippen LogP contribution is -2.42. The Bertz CT molecular complexity index is 731. The summed E-state index contributed by atoms with van der Waals surface area (Å²) >= 11 is 7.33. The first kappa shape index (κ1) is 19.2. The lowest BCUT2D eigenvalue weighted by Gasteiger charge is -2.27. The van der Waals surface area contributed by atoms with Gasteiger partial charge in [0.15, 0.2) is 5.11 Å². The van der Waals surface area contributed by atoms with Crippen LogP contribution in [0.5, 0.6) is 0 Å². The number of aromatic nitrogens is 1. The molecule has 0 radical (unpaired) electrons. The van der Waals surface area contributed by atoms with Gasteiger partial charge in [-0.2, -0.15) is 0 Å². The van der Waals surface area contributed by atoms with E-state index in [9.17, 15) is 4.39 Å². The minimum atomic E-state index is -0.216. The van der Waals surface area contributed by atoms with Crippen LogP contribution in [0, 0.1) is 12.7 Å². The van der Waals surface area contributed by atoms with Crippen LogP contribution in [0.2, 0.25) is 0 Å². The van der Waals surface area contributed by atoms with Crippen LogP contribution in [-0.2, 0) is 6.54 Å². The number of nitrogens with one attached hydrogen (secondary N) is 1. The Kier molecular flexibility index (Phi) is 6.56. The van der Waals surface area contributed by atoms with Crippen LogP contribution in [0.4, 0.5) is 4.39 Å². The Morgan fingerprint density at radius 1 is 1.27 bits per heavy atom. The largest absolute Gasteiger partial charge is 0.356 e. The molecule has 1 aromatic heterocycles. The van der Waals surface area contributed by atoms with Crippen molar-refractivity contribution in [3.8, 4) is 0 Å². The van der Waals surface area contributed by atoms with Crippen molar-refractivity contribution in [2.45, 2.75) is 32.9 Å². The third-order valence-corrected chi connectivity index (χ3v) is 5.84. The van der Waals surface area contributed by atoms with Gasteiger partial charge in [0.05, 0.1) is 16.7 Å². The van der Waals surface area contributed by atoms with E-state index in [2.05, 4.69) is 25.5 Å². The molecule has 1 saturated heterocycles. The van der Waals surface area contributed by atoms with Gasteiger partial charge < -0.3 is 10.2 Å². The van der Waals surface area contributed by atoms with Crippen molar-refractivity contribution in [3.63, 3.8) is 0 Å². The second-order valence-corrected chi connectivity index (χ2v) is 8.15. The quantitative estimate of drug-likeness (QED) is 0.802. The first-order chi connectivity index (χ1) is 12.5. The van der Waals surface area contributed by atoms with Crippen molar-refractivity contribution < 1.29 is 4.39 Å². The number of thiocarbonyl (C=S) groups is 1. The van der Waals surface area contributed by atoms with E-state index in [1.54, 1.807) is 23.5 Å². The minimum absolute atomic E-state index is 0.0560. The Morgan fingerprint density at radius 3 is 2.73 bits per heavy atom. The maximum atomic E-state index is 13.1. The Hall–Kier alpha value is -1.57. The number of aryl methyl sites for hydroxylation is 1. The van der Waals surface area contributed by atoms with Gasteiger partial charge in [0, 0.05) is 38.1 Å². The molecule has 0 aliphatic carbocycles. The molecule has 0 amide bonds. The van der Waals surface area contributed by atoms with Crippen molar-refractivity contribution in [3.05, 3.63) is 51.7 Å². The minimum Gasteiger partial charge on any atom is -0.356 e. The van der Waals surface area contributed by atoms with Crippen LogP contribution in [0.15, 0.2) is 29.6 Å². The highest BCUT2D eigenvalue weighted by molar-refractivity contribution is 7.80. The average Bonchev–Trinajstić information content (AvgIpc) is 2.88. The van der Waals surface area contributed by atoms with Gasteiger partial charge >= 0.3 is 0 Å². The third kappa shape index (κ3) is 5.22. The summed E-state index contributed by atoms with van der Waals surface area (Å²) in [6.45, 7) is 8.90. The maximum Gasteiger partial charge on any atom is 0.169 e. The van der Waals surface area contributed by atoms with E-state index in [1.165, 1.54) is 12.1 Å². The summed E-state index contributed by atoms with van der Waals surface area (Å²) in [4.78, 5) is 9.25. The van der Waals surface area contributed by atoms with Crippen LogP contribution in [-0.4, -0.2) is 46.1 Å². The highest BCUT2D eigenvalue weighted by Gasteiger charge is 2.19. The zero-order valence-electron chi connectivity index (χ0n) is 15.2. The lowest BCUT2D eigenvalue weighted by molar-refractivity contribution is 0.274. The summed E-state index contributed by atoms with van der Waals surface area (Å²) in [7, 11) is 0. The predicted molar refractivity (Wildman–Crippen MR) is 109 cm³/mol. The van der Waals surface area contributed by atoms with Crippen LogP contribution in [0.1, 0.15) is 35.7 Å². The third-order valence-electron chi connectivity index (χ3n) is 4.64. The molecular formula is C19H25FN4S2. The first-order valence-electron chi connectivity index (χ1n) is 8.95. The molecule has 0 saturated carbocycles. The predicted octanol–water partition coefficient (Wildman–Crippen LogP) is 3.73. The molecule has 3 rings (SSSR count). The van der Waals surface area contributed by atoms with Gasteiger partial charge in [-0.25, -0.2) is 9.37 Å². The average molecular weight is 393 g/mol. The highest BCUT2D eigenvalue weighted by atomic mass is 32.1. The van der Waals surface area contributed by atoms with Crippen LogP contribution < -0.4 is 5.32 Å². The lowest BCUT2D eigenvalue weighted by atomic mass is 10.1. The molecule has 1 aliphatic heterocycles. The SMILES string of the molecule is Cc1nc(CN2CCCN(C(=S)NC(C)c3ccc(F)cc3)CC2)cs1. The molecule has 1 atom stereocenters. The van der Waals surface area contributed by atoms with Crippen LogP contribution in [0.25, 0.3) is 0 Å². The smallest absolute Gasteiger partial charge is 0.169 e. The summed E-state index contributed by atoms with van der Waals surface area (Å²) in [5, 5.41) is 7.43. The van der Waals surface area contributed by atoms with E-state index in [0.29, 0.717) is 0 Å². The number of hydrogen-bond donors (Lipinski definition) is 1. The molecule has 1 aromatic carbocycles. The molecular weight excluding hydrogens is 367 g/mol. The van der Waals surface area contributed by atoms with E-state index in [0.717, 1.165) is 60.5 Å². The maximum absolute atomic E-state index is 13.1. The van der Waals surface area contributed by atoms with Gasteiger partial charge in [-0.1, -0.05) is 12.1 Å². The molecule has 140 valence electrons. The number of hydrogen-bond acceptors (Lipinski definition) is 4. The van der Waals surface area contributed by atoms with E-state index in [4.69, 9.17) is 12.2 Å². The monoisotopic (exact) mass is 392 g/mol. The van der Waals surface area contributed by atoms with E-state index in [-0.39, 0.29) is 11.9 Å². The second kappa shape index (κ2) is 8.88. The van der Waals surface area contributed by atoms with Gasteiger partial charge in [-0.3, -0.25) is 4.90 Å². The molecule has 1 N–H and O–H groups in total. The van der Waals surface area contributed by atoms with Gasteiger partial charge in [0.1, 0.15) is 5.82 Å². The van der Waals surface area contributed by atoms with Gasteiger partial charge in [0.25, 0.3) is 0 Å². The van der Waals surface area contributed by atoms with Crippen molar-refractivity contribution in [2.75, 3.05) is 26.2 Å². The molecule has 2 aromatic rings. The molecule has 26 heavy (non-hydrogen) atoms. The first-order valence-corrected chi connectivity index (χ1v) is 10.2.